The molecule has 0 saturated heterocycles. The van der Waals surface area contributed by atoms with Gasteiger partial charge in [-0.15, -0.1) is 0 Å². The molecule has 0 saturated carbocycles. The molecule has 0 radical (unpaired) electrons. The highest BCUT2D eigenvalue weighted by molar-refractivity contribution is 5.96. The highest BCUT2D eigenvalue weighted by Crippen LogP contribution is 2.19. The minimum atomic E-state index is -0.264. The van der Waals surface area contributed by atoms with Crippen molar-refractivity contribution in [2.24, 2.45) is 0 Å². The second-order valence-corrected chi connectivity index (χ2v) is 4.52. The number of nitrogens with zero attached hydrogens (tertiary/aromatic N) is 1. The number of ether oxygens (including phenoxy) is 1. The van der Waals surface area contributed by atoms with Crippen LogP contribution >= 0.6 is 0 Å². The molecule has 1 N–H and O–H groups in total. The molecule has 1 heterocycles. The molecule has 0 spiro atoms. The summed E-state index contributed by atoms with van der Waals surface area (Å²) in [7, 11) is 3.12. The minimum absolute atomic E-state index is 0.148. The zero-order valence-electron chi connectivity index (χ0n) is 11.9. The summed E-state index contributed by atoms with van der Waals surface area (Å²) in [6, 6.07) is 6.98. The predicted molar refractivity (Wildman–Crippen MR) is 78.4 cm³/mol. The highest BCUT2D eigenvalue weighted by Gasteiger charge is 2.14. The number of benzene rings is 1. The molecule has 0 unspecified atom stereocenters. The average molecular weight is 274 g/mol. The van der Waals surface area contributed by atoms with Crippen LogP contribution in [0.3, 0.4) is 0 Å². The van der Waals surface area contributed by atoms with Crippen LogP contribution in [0.5, 0.6) is 5.75 Å². The van der Waals surface area contributed by atoms with Gasteiger partial charge in [0.2, 0.25) is 0 Å². The van der Waals surface area contributed by atoms with Gasteiger partial charge in [-0.3, -0.25) is 9.59 Å². The quantitative estimate of drug-likeness (QED) is 0.924. The van der Waals surface area contributed by atoms with E-state index in [4.69, 9.17) is 4.74 Å². The Bertz CT molecular complexity index is 704. The first-order valence-electron chi connectivity index (χ1n) is 6.56. The van der Waals surface area contributed by atoms with Crippen LogP contribution < -0.4 is 15.6 Å². The topological polar surface area (TPSA) is 60.3 Å². The van der Waals surface area contributed by atoms with Crippen molar-refractivity contribution in [3.05, 3.63) is 40.3 Å². The summed E-state index contributed by atoms with van der Waals surface area (Å²) in [5.74, 6) is 0.397. The van der Waals surface area contributed by atoms with Gasteiger partial charge in [-0.25, -0.2) is 0 Å². The molecule has 5 nitrogen and oxygen atoms in total. The smallest absolute Gasteiger partial charge is 0.267 e. The molecule has 0 aliphatic rings. The average Bonchev–Trinajstić information content (AvgIpc) is 2.48. The Labute approximate surface area is 117 Å². The number of hydrogen-bond acceptors (Lipinski definition) is 3. The van der Waals surface area contributed by atoms with E-state index in [0.29, 0.717) is 28.8 Å². The van der Waals surface area contributed by atoms with Crippen LogP contribution in [0.25, 0.3) is 10.8 Å². The third-order valence-corrected chi connectivity index (χ3v) is 3.22. The first kappa shape index (κ1) is 14.1. The maximum absolute atomic E-state index is 12.5. The second kappa shape index (κ2) is 5.77. The fourth-order valence-electron chi connectivity index (χ4n) is 2.22. The SMILES string of the molecule is CCCn1c(C(=O)NC)cc2cc(OC)ccc2c1=O. The molecule has 0 fully saturated rings. The molecule has 0 atom stereocenters. The largest absolute Gasteiger partial charge is 0.497 e. The Morgan fingerprint density at radius 2 is 2.10 bits per heavy atom. The summed E-state index contributed by atoms with van der Waals surface area (Å²) in [6.07, 6.45) is 0.783. The standard InChI is InChI=1S/C15H18N2O3/c1-4-7-17-13(14(18)16-2)9-10-8-11(20-3)5-6-12(10)15(17)19/h5-6,8-9H,4,7H2,1-3H3,(H,16,18). The maximum atomic E-state index is 12.5. The predicted octanol–water partition coefficient (Wildman–Crippen LogP) is 1.78. The molecule has 2 rings (SSSR count). The number of aromatic nitrogens is 1. The van der Waals surface area contributed by atoms with Crippen LogP contribution in [0.1, 0.15) is 23.8 Å². The van der Waals surface area contributed by atoms with Gasteiger partial charge < -0.3 is 14.6 Å². The van der Waals surface area contributed by atoms with Gasteiger partial charge in [0.25, 0.3) is 11.5 Å². The molecule has 5 heteroatoms. The Morgan fingerprint density at radius 3 is 2.70 bits per heavy atom. The maximum Gasteiger partial charge on any atom is 0.267 e. The molecule has 106 valence electrons. The fourth-order valence-corrected chi connectivity index (χ4v) is 2.22. The van der Waals surface area contributed by atoms with E-state index in [1.54, 1.807) is 38.4 Å². The van der Waals surface area contributed by atoms with E-state index in [0.717, 1.165) is 6.42 Å². The van der Waals surface area contributed by atoms with Gasteiger partial charge in [0.15, 0.2) is 0 Å². The van der Waals surface area contributed by atoms with Crippen LogP contribution in [0.15, 0.2) is 29.1 Å². The van der Waals surface area contributed by atoms with Crippen LogP contribution in [0, 0.1) is 0 Å². The van der Waals surface area contributed by atoms with E-state index in [1.807, 2.05) is 6.92 Å². The van der Waals surface area contributed by atoms with Crippen LogP contribution in [0.4, 0.5) is 0 Å². The number of hydrogen-bond donors (Lipinski definition) is 1. The van der Waals surface area contributed by atoms with Crippen LogP contribution in [0.2, 0.25) is 0 Å². The first-order chi connectivity index (χ1) is 9.62. The lowest BCUT2D eigenvalue weighted by Gasteiger charge is -2.13. The Hall–Kier alpha value is -2.30. The molecule has 2 aromatic rings. The molecule has 1 aromatic heterocycles. The number of methoxy groups -OCH3 is 1. The van der Waals surface area contributed by atoms with Gasteiger partial charge >= 0.3 is 0 Å². The molecular formula is C15H18N2O3. The van der Waals surface area contributed by atoms with Crippen molar-refractivity contribution in [3.8, 4) is 5.75 Å². The molecule has 1 aromatic carbocycles. The van der Waals surface area contributed by atoms with Gasteiger partial charge in [-0.1, -0.05) is 6.92 Å². The van der Waals surface area contributed by atoms with Crippen molar-refractivity contribution in [1.82, 2.24) is 9.88 Å². The second-order valence-electron chi connectivity index (χ2n) is 4.52. The lowest BCUT2D eigenvalue weighted by Crippen LogP contribution is -2.30. The number of fused-ring (bicyclic) bond motifs is 1. The molecule has 1 amide bonds. The Balaban J connectivity index is 2.78. The molecule has 0 aliphatic carbocycles. The van der Waals surface area contributed by atoms with Gasteiger partial charge in [-0.05, 0) is 36.1 Å². The van der Waals surface area contributed by atoms with E-state index in [1.165, 1.54) is 4.57 Å². The highest BCUT2D eigenvalue weighted by atomic mass is 16.5. The van der Waals surface area contributed by atoms with Crippen LogP contribution in [-0.4, -0.2) is 24.6 Å². The number of nitrogens with one attached hydrogen (secondary N) is 1. The first-order valence-corrected chi connectivity index (χ1v) is 6.56. The Kier molecular flexibility index (Phi) is 4.08. The summed E-state index contributed by atoms with van der Waals surface area (Å²) in [5, 5.41) is 3.87. The fraction of sp³-hybridized carbons (Fsp3) is 0.333. The molecule has 20 heavy (non-hydrogen) atoms. The number of rotatable bonds is 4. The minimum Gasteiger partial charge on any atom is -0.497 e. The molecule has 0 bridgehead atoms. The monoisotopic (exact) mass is 274 g/mol. The van der Waals surface area contributed by atoms with E-state index in [9.17, 15) is 9.59 Å². The van der Waals surface area contributed by atoms with Crippen molar-refractivity contribution in [2.75, 3.05) is 14.2 Å². The molecule has 0 aliphatic heterocycles. The van der Waals surface area contributed by atoms with Crippen molar-refractivity contribution >= 4 is 16.7 Å². The van der Waals surface area contributed by atoms with Crippen molar-refractivity contribution in [1.29, 1.82) is 0 Å². The third-order valence-electron chi connectivity index (χ3n) is 3.22. The number of carbonyl (C=O) groups is 1. The summed E-state index contributed by atoms with van der Waals surface area (Å²) in [4.78, 5) is 24.5. The van der Waals surface area contributed by atoms with E-state index < -0.39 is 0 Å². The number of amides is 1. The van der Waals surface area contributed by atoms with Crippen molar-refractivity contribution in [2.45, 2.75) is 19.9 Å². The van der Waals surface area contributed by atoms with Crippen molar-refractivity contribution in [3.63, 3.8) is 0 Å². The van der Waals surface area contributed by atoms with Gasteiger partial charge in [0.1, 0.15) is 11.4 Å². The zero-order valence-corrected chi connectivity index (χ0v) is 11.9. The molecular weight excluding hydrogens is 256 g/mol. The summed E-state index contributed by atoms with van der Waals surface area (Å²) >= 11 is 0. The van der Waals surface area contributed by atoms with E-state index in [-0.39, 0.29) is 11.5 Å². The normalized spacial score (nSPS) is 10.6. The lowest BCUT2D eigenvalue weighted by atomic mass is 10.1. The lowest BCUT2D eigenvalue weighted by molar-refractivity contribution is 0.0952. The van der Waals surface area contributed by atoms with Gasteiger partial charge in [-0.2, -0.15) is 0 Å². The van der Waals surface area contributed by atoms with E-state index in [2.05, 4.69) is 5.32 Å². The van der Waals surface area contributed by atoms with E-state index >= 15 is 0 Å². The Morgan fingerprint density at radius 1 is 1.35 bits per heavy atom. The summed E-state index contributed by atoms with van der Waals surface area (Å²) in [6.45, 7) is 2.49. The van der Waals surface area contributed by atoms with Crippen LogP contribution in [-0.2, 0) is 6.54 Å². The van der Waals surface area contributed by atoms with Gasteiger partial charge in [0.05, 0.1) is 7.11 Å². The number of carbonyl (C=O) groups excluding carboxylic acids is 1. The zero-order chi connectivity index (χ0) is 14.7. The summed E-state index contributed by atoms with van der Waals surface area (Å²) in [5.41, 5.74) is 0.228. The number of pyridine rings is 1. The van der Waals surface area contributed by atoms with Crippen molar-refractivity contribution < 1.29 is 9.53 Å². The summed E-state index contributed by atoms with van der Waals surface area (Å²) < 4.78 is 6.68. The third kappa shape index (κ3) is 2.39. The van der Waals surface area contributed by atoms with Gasteiger partial charge in [0, 0.05) is 19.0 Å².